The van der Waals surface area contributed by atoms with Crippen LogP contribution in [-0.4, -0.2) is 18.2 Å². The maximum atomic E-state index is 13.2. The number of aryl methyl sites for hydroxylation is 1. The van der Waals surface area contributed by atoms with Crippen LogP contribution < -0.4 is 4.90 Å². The highest BCUT2D eigenvalue weighted by Crippen LogP contribution is 2.27. The van der Waals surface area contributed by atoms with Crippen LogP contribution in [0.1, 0.15) is 25.3 Å². The molecule has 1 atom stereocenters. The molecule has 0 N–H and O–H groups in total. The summed E-state index contributed by atoms with van der Waals surface area (Å²) in [6.07, 6.45) is 0.720. The summed E-state index contributed by atoms with van der Waals surface area (Å²) in [7, 11) is 0. The molecule has 2 rings (SSSR count). The first-order valence-electron chi connectivity index (χ1n) is 6.12. The highest BCUT2D eigenvalue weighted by atomic mass is 19.1. The quantitative estimate of drug-likeness (QED) is 0.825. The van der Waals surface area contributed by atoms with Crippen molar-refractivity contribution in [2.75, 3.05) is 11.4 Å². The monoisotopic (exact) mass is 249 g/mol. The lowest BCUT2D eigenvalue weighted by Crippen LogP contribution is -2.25. The molecule has 1 heterocycles. The normalized spacial score (nSPS) is 19.4. The van der Waals surface area contributed by atoms with Crippen LogP contribution in [0.4, 0.5) is 10.1 Å². The fraction of sp³-hybridized carbons (Fsp3) is 0.429. The number of ketones is 1. The maximum Gasteiger partial charge on any atom is 0.227 e. The number of nitrogens with zero attached hydrogens (tertiary/aromatic N) is 1. The molecule has 1 unspecified atom stereocenters. The van der Waals surface area contributed by atoms with Gasteiger partial charge in [-0.2, -0.15) is 0 Å². The van der Waals surface area contributed by atoms with E-state index in [4.69, 9.17) is 0 Å². The Labute approximate surface area is 106 Å². The molecule has 1 aliphatic rings. The SMILES string of the molecule is CCC(=O)C1CC(=O)N(c2ccc(F)c(C)c2)C1. The van der Waals surface area contributed by atoms with Crippen LogP contribution in [0.5, 0.6) is 0 Å². The van der Waals surface area contributed by atoms with E-state index >= 15 is 0 Å². The van der Waals surface area contributed by atoms with Gasteiger partial charge in [0.2, 0.25) is 5.91 Å². The number of carbonyl (C=O) groups excluding carboxylic acids is 2. The van der Waals surface area contributed by atoms with Crippen molar-refractivity contribution in [1.82, 2.24) is 0 Å². The first-order valence-corrected chi connectivity index (χ1v) is 6.12. The third kappa shape index (κ3) is 2.28. The topological polar surface area (TPSA) is 37.4 Å². The number of anilines is 1. The van der Waals surface area contributed by atoms with Gasteiger partial charge in [-0.25, -0.2) is 4.39 Å². The molecule has 0 spiro atoms. The smallest absolute Gasteiger partial charge is 0.227 e. The molecule has 1 fully saturated rings. The lowest BCUT2D eigenvalue weighted by molar-refractivity contribution is -0.124. The van der Waals surface area contributed by atoms with Crippen molar-refractivity contribution in [3.05, 3.63) is 29.6 Å². The molecule has 96 valence electrons. The fourth-order valence-corrected chi connectivity index (χ4v) is 2.26. The van der Waals surface area contributed by atoms with E-state index in [-0.39, 0.29) is 29.8 Å². The van der Waals surface area contributed by atoms with Gasteiger partial charge in [0.15, 0.2) is 0 Å². The fourth-order valence-electron chi connectivity index (χ4n) is 2.26. The molecule has 1 saturated heterocycles. The van der Waals surface area contributed by atoms with Crippen molar-refractivity contribution in [2.24, 2.45) is 5.92 Å². The van der Waals surface area contributed by atoms with Gasteiger partial charge in [-0.1, -0.05) is 6.92 Å². The Balaban J connectivity index is 2.21. The number of rotatable bonds is 3. The van der Waals surface area contributed by atoms with Crippen molar-refractivity contribution in [2.45, 2.75) is 26.7 Å². The van der Waals surface area contributed by atoms with Crippen molar-refractivity contribution >= 4 is 17.4 Å². The van der Waals surface area contributed by atoms with Gasteiger partial charge in [-0.15, -0.1) is 0 Å². The summed E-state index contributed by atoms with van der Waals surface area (Å²) < 4.78 is 13.2. The van der Waals surface area contributed by atoms with Crippen LogP contribution in [0, 0.1) is 18.7 Å². The Bertz CT molecular complexity index is 499. The molecule has 1 aromatic rings. The second-order valence-corrected chi connectivity index (χ2v) is 4.66. The van der Waals surface area contributed by atoms with Gasteiger partial charge in [-0.3, -0.25) is 9.59 Å². The average Bonchev–Trinajstić information content (AvgIpc) is 2.74. The molecular weight excluding hydrogens is 233 g/mol. The summed E-state index contributed by atoms with van der Waals surface area (Å²) >= 11 is 0. The largest absolute Gasteiger partial charge is 0.312 e. The van der Waals surface area contributed by atoms with E-state index in [0.717, 1.165) is 0 Å². The zero-order valence-electron chi connectivity index (χ0n) is 10.6. The Hall–Kier alpha value is -1.71. The van der Waals surface area contributed by atoms with Crippen LogP contribution in [0.3, 0.4) is 0 Å². The maximum absolute atomic E-state index is 13.2. The number of hydrogen-bond acceptors (Lipinski definition) is 2. The molecule has 1 aromatic carbocycles. The standard InChI is InChI=1S/C14H16FNO2/c1-3-13(17)10-7-14(18)16(8-10)11-4-5-12(15)9(2)6-11/h4-6,10H,3,7-8H2,1-2H3. The van der Waals surface area contributed by atoms with Crippen molar-refractivity contribution in [1.29, 1.82) is 0 Å². The van der Waals surface area contributed by atoms with Gasteiger partial charge in [0.1, 0.15) is 11.6 Å². The second kappa shape index (κ2) is 4.88. The Morgan fingerprint density at radius 2 is 2.22 bits per heavy atom. The molecule has 1 aliphatic heterocycles. The highest BCUT2D eigenvalue weighted by molar-refractivity contribution is 6.00. The molecule has 1 amide bonds. The summed E-state index contributed by atoms with van der Waals surface area (Å²) in [5.74, 6) is -0.447. The molecular formula is C14H16FNO2. The van der Waals surface area contributed by atoms with Gasteiger partial charge >= 0.3 is 0 Å². The van der Waals surface area contributed by atoms with Crippen molar-refractivity contribution < 1.29 is 14.0 Å². The third-order valence-electron chi connectivity index (χ3n) is 3.38. The number of Topliss-reactive ketones (excluding diaryl/α,β-unsaturated/α-hetero) is 1. The summed E-state index contributed by atoms with van der Waals surface area (Å²) in [5, 5.41) is 0. The van der Waals surface area contributed by atoms with E-state index in [1.807, 2.05) is 0 Å². The molecule has 4 heteroatoms. The summed E-state index contributed by atoms with van der Waals surface area (Å²) in [6, 6.07) is 4.58. The molecule has 0 aromatic heterocycles. The predicted molar refractivity (Wildman–Crippen MR) is 66.9 cm³/mol. The Morgan fingerprint density at radius 3 is 2.83 bits per heavy atom. The summed E-state index contributed by atoms with van der Waals surface area (Å²) in [4.78, 5) is 25.1. The summed E-state index contributed by atoms with van der Waals surface area (Å²) in [5.41, 5.74) is 1.18. The van der Waals surface area contributed by atoms with E-state index in [1.54, 1.807) is 30.9 Å². The Kier molecular flexibility index (Phi) is 3.45. The van der Waals surface area contributed by atoms with Crippen LogP contribution in [-0.2, 0) is 9.59 Å². The average molecular weight is 249 g/mol. The number of benzene rings is 1. The number of amides is 1. The van der Waals surface area contributed by atoms with E-state index in [9.17, 15) is 14.0 Å². The van der Waals surface area contributed by atoms with E-state index < -0.39 is 0 Å². The van der Waals surface area contributed by atoms with Gasteiger partial charge in [-0.05, 0) is 30.7 Å². The third-order valence-corrected chi connectivity index (χ3v) is 3.38. The Morgan fingerprint density at radius 1 is 1.50 bits per heavy atom. The molecule has 0 bridgehead atoms. The molecule has 0 saturated carbocycles. The van der Waals surface area contributed by atoms with Crippen LogP contribution in [0.2, 0.25) is 0 Å². The number of hydrogen-bond donors (Lipinski definition) is 0. The van der Waals surface area contributed by atoms with Crippen LogP contribution in [0.15, 0.2) is 18.2 Å². The lowest BCUT2D eigenvalue weighted by Gasteiger charge is -2.17. The van der Waals surface area contributed by atoms with Crippen molar-refractivity contribution in [3.63, 3.8) is 0 Å². The van der Waals surface area contributed by atoms with E-state index in [0.29, 0.717) is 24.2 Å². The van der Waals surface area contributed by atoms with Crippen LogP contribution >= 0.6 is 0 Å². The van der Waals surface area contributed by atoms with Gasteiger partial charge in [0, 0.05) is 31.0 Å². The lowest BCUT2D eigenvalue weighted by atomic mass is 10.0. The van der Waals surface area contributed by atoms with Crippen molar-refractivity contribution in [3.8, 4) is 0 Å². The minimum absolute atomic E-state index is 0.0622. The minimum atomic E-state index is -0.286. The highest BCUT2D eigenvalue weighted by Gasteiger charge is 2.34. The molecule has 0 aliphatic carbocycles. The number of carbonyl (C=O) groups is 2. The van der Waals surface area contributed by atoms with E-state index in [2.05, 4.69) is 0 Å². The number of halogens is 1. The first kappa shape index (κ1) is 12.7. The molecule has 18 heavy (non-hydrogen) atoms. The van der Waals surface area contributed by atoms with Gasteiger partial charge in [0.25, 0.3) is 0 Å². The first-order chi connectivity index (χ1) is 8.52. The molecule has 3 nitrogen and oxygen atoms in total. The second-order valence-electron chi connectivity index (χ2n) is 4.66. The van der Waals surface area contributed by atoms with Crippen LogP contribution in [0.25, 0.3) is 0 Å². The van der Waals surface area contributed by atoms with E-state index in [1.165, 1.54) is 6.07 Å². The zero-order chi connectivity index (χ0) is 13.3. The summed E-state index contributed by atoms with van der Waals surface area (Å²) in [6.45, 7) is 3.88. The molecule has 0 radical (unpaired) electrons. The predicted octanol–water partition coefficient (Wildman–Crippen LogP) is 2.47. The van der Waals surface area contributed by atoms with Gasteiger partial charge < -0.3 is 4.90 Å². The zero-order valence-corrected chi connectivity index (χ0v) is 10.6. The minimum Gasteiger partial charge on any atom is -0.312 e. The van der Waals surface area contributed by atoms with Gasteiger partial charge in [0.05, 0.1) is 0 Å².